The van der Waals surface area contributed by atoms with Gasteiger partial charge in [-0.05, 0) is 31.0 Å². The van der Waals surface area contributed by atoms with Crippen LogP contribution in [-0.2, 0) is 10.0 Å². The van der Waals surface area contributed by atoms with E-state index in [0.717, 1.165) is 12.0 Å². The monoisotopic (exact) mass is 488 g/mol. The lowest BCUT2D eigenvalue weighted by Crippen LogP contribution is -2.30. The zero-order valence-corrected chi connectivity index (χ0v) is 21.2. The lowest BCUT2D eigenvalue weighted by atomic mass is 10.1. The van der Waals surface area contributed by atoms with Crippen molar-refractivity contribution in [3.05, 3.63) is 60.2 Å². The van der Waals surface area contributed by atoms with Gasteiger partial charge in [0.1, 0.15) is 0 Å². The molecule has 2 atom stereocenters. The lowest BCUT2D eigenvalue weighted by molar-refractivity contribution is 0.204. The van der Waals surface area contributed by atoms with Crippen molar-refractivity contribution in [2.45, 2.75) is 56.3 Å². The highest BCUT2D eigenvalue weighted by molar-refractivity contribution is 7.99. The van der Waals surface area contributed by atoms with Gasteiger partial charge in [-0.2, -0.15) is 4.31 Å². The Morgan fingerprint density at radius 1 is 1.03 bits per heavy atom. The topological polar surface area (TPSA) is 88.3 Å². The summed E-state index contributed by atoms with van der Waals surface area (Å²) in [7, 11) is -3.58. The molecule has 1 aromatic heterocycles. The van der Waals surface area contributed by atoms with Crippen LogP contribution in [-0.4, -0.2) is 51.4 Å². The fraction of sp³-hybridized carbons (Fsp3) is 0.417. The molecule has 3 rings (SSSR count). The molecule has 9 heteroatoms. The molecule has 0 aliphatic heterocycles. The van der Waals surface area contributed by atoms with Crippen LogP contribution in [0.4, 0.5) is 0 Å². The molecule has 3 aromatic rings. The molecule has 0 amide bonds. The van der Waals surface area contributed by atoms with Crippen molar-refractivity contribution in [2.75, 3.05) is 18.8 Å². The third-order valence-electron chi connectivity index (χ3n) is 5.69. The van der Waals surface area contributed by atoms with Crippen LogP contribution in [0.2, 0.25) is 0 Å². The fourth-order valence-corrected chi connectivity index (χ4v) is 6.09. The molecule has 0 radical (unpaired) electrons. The van der Waals surface area contributed by atoms with Crippen LogP contribution in [0.1, 0.15) is 51.8 Å². The SMILES string of the molecule is CC[C@@H](C)n1c(SC[C@H](O)c2ccccc2)nnc1-c1cccc(S(=O)(=O)N(CC)CC)c1. The number of aliphatic hydroxyl groups excluding tert-OH is 1. The standard InChI is InChI=1S/C24H32N4O3S2/c1-5-18(4)28-23(20-14-11-15-21(16-20)33(30,31)27(6-2)7-3)25-26-24(28)32-17-22(29)19-12-9-8-10-13-19/h8-16,18,22,29H,5-7,17H2,1-4H3/t18-,22+/m1/s1. The van der Waals surface area contributed by atoms with Gasteiger partial charge in [0.2, 0.25) is 10.0 Å². The quantitative estimate of drug-likeness (QED) is 0.391. The Hall–Kier alpha value is -2.20. The molecule has 7 nitrogen and oxygen atoms in total. The van der Waals surface area contributed by atoms with E-state index in [2.05, 4.69) is 24.0 Å². The smallest absolute Gasteiger partial charge is 0.243 e. The Morgan fingerprint density at radius 2 is 1.73 bits per heavy atom. The highest BCUT2D eigenvalue weighted by Gasteiger charge is 2.24. The largest absolute Gasteiger partial charge is 0.388 e. The fourth-order valence-electron chi connectivity index (χ4n) is 3.59. The summed E-state index contributed by atoms with van der Waals surface area (Å²) in [5, 5.41) is 20.1. The first-order valence-corrected chi connectivity index (χ1v) is 13.7. The van der Waals surface area contributed by atoms with E-state index in [1.165, 1.54) is 16.1 Å². The number of aromatic nitrogens is 3. The average molecular weight is 489 g/mol. The first-order chi connectivity index (χ1) is 15.8. The van der Waals surface area contributed by atoms with Crippen molar-refractivity contribution in [1.29, 1.82) is 0 Å². The Kier molecular flexibility index (Phi) is 8.69. The molecule has 2 aromatic carbocycles. The summed E-state index contributed by atoms with van der Waals surface area (Å²) in [6.07, 6.45) is 0.237. The van der Waals surface area contributed by atoms with Crippen LogP contribution in [0.3, 0.4) is 0 Å². The summed E-state index contributed by atoms with van der Waals surface area (Å²) in [4.78, 5) is 0.246. The van der Waals surface area contributed by atoms with Gasteiger partial charge in [0.25, 0.3) is 0 Å². The van der Waals surface area contributed by atoms with Crippen LogP contribution in [0, 0.1) is 0 Å². The van der Waals surface area contributed by atoms with Gasteiger partial charge in [-0.3, -0.25) is 4.57 Å². The molecule has 0 unspecified atom stereocenters. The zero-order chi connectivity index (χ0) is 24.0. The number of benzene rings is 2. The summed E-state index contributed by atoms with van der Waals surface area (Å²) >= 11 is 1.44. The maximum Gasteiger partial charge on any atom is 0.243 e. The Labute approximate surface area is 200 Å². The van der Waals surface area contributed by atoms with Gasteiger partial charge in [0.05, 0.1) is 11.0 Å². The van der Waals surface area contributed by atoms with Crippen LogP contribution < -0.4 is 0 Å². The minimum absolute atomic E-state index is 0.106. The van der Waals surface area contributed by atoms with Gasteiger partial charge in [0, 0.05) is 30.4 Å². The van der Waals surface area contributed by atoms with Crippen molar-refractivity contribution in [1.82, 2.24) is 19.1 Å². The molecule has 0 saturated heterocycles. The molecule has 0 aliphatic rings. The maximum absolute atomic E-state index is 13.0. The second-order valence-corrected chi connectivity index (χ2v) is 10.7. The highest BCUT2D eigenvalue weighted by atomic mass is 32.2. The van der Waals surface area contributed by atoms with Gasteiger partial charge < -0.3 is 5.11 Å². The summed E-state index contributed by atoms with van der Waals surface area (Å²) in [6.45, 7) is 8.66. The van der Waals surface area contributed by atoms with Gasteiger partial charge in [-0.1, -0.05) is 75.0 Å². The van der Waals surface area contributed by atoms with Gasteiger partial charge in [-0.15, -0.1) is 10.2 Å². The van der Waals surface area contributed by atoms with E-state index in [4.69, 9.17) is 0 Å². The van der Waals surface area contributed by atoms with E-state index in [-0.39, 0.29) is 10.9 Å². The molecule has 0 saturated carbocycles. The van der Waals surface area contributed by atoms with Crippen LogP contribution >= 0.6 is 11.8 Å². The number of hydrogen-bond acceptors (Lipinski definition) is 6. The summed E-state index contributed by atoms with van der Waals surface area (Å²) in [5.41, 5.74) is 1.56. The normalized spacial score (nSPS) is 13.9. The first-order valence-electron chi connectivity index (χ1n) is 11.2. The van der Waals surface area contributed by atoms with Crippen molar-refractivity contribution < 1.29 is 13.5 Å². The molecule has 33 heavy (non-hydrogen) atoms. The number of rotatable bonds is 11. The summed E-state index contributed by atoms with van der Waals surface area (Å²) < 4.78 is 29.5. The zero-order valence-electron chi connectivity index (χ0n) is 19.5. The first kappa shape index (κ1) is 25.4. The minimum atomic E-state index is -3.58. The van der Waals surface area contributed by atoms with E-state index in [1.54, 1.807) is 18.2 Å². The second kappa shape index (κ2) is 11.3. The minimum Gasteiger partial charge on any atom is -0.388 e. The predicted molar refractivity (Wildman–Crippen MR) is 133 cm³/mol. The maximum atomic E-state index is 13.0. The number of nitrogens with zero attached hydrogens (tertiary/aromatic N) is 4. The Bertz CT molecular complexity index is 1150. The number of hydrogen-bond donors (Lipinski definition) is 1. The molecule has 1 N–H and O–H groups in total. The van der Waals surface area contributed by atoms with E-state index in [1.807, 2.05) is 54.8 Å². The third kappa shape index (κ3) is 5.66. The van der Waals surface area contributed by atoms with Gasteiger partial charge in [-0.25, -0.2) is 8.42 Å². The number of sulfonamides is 1. The molecule has 1 heterocycles. The van der Waals surface area contributed by atoms with Gasteiger partial charge in [0.15, 0.2) is 11.0 Å². The van der Waals surface area contributed by atoms with Crippen LogP contribution in [0.25, 0.3) is 11.4 Å². The van der Waals surface area contributed by atoms with Gasteiger partial charge >= 0.3 is 0 Å². The van der Waals surface area contributed by atoms with E-state index in [9.17, 15) is 13.5 Å². The second-order valence-electron chi connectivity index (χ2n) is 7.79. The molecule has 178 valence electrons. The Morgan fingerprint density at radius 3 is 2.36 bits per heavy atom. The van der Waals surface area contributed by atoms with Crippen molar-refractivity contribution in [2.24, 2.45) is 0 Å². The molecular weight excluding hydrogens is 456 g/mol. The van der Waals surface area contributed by atoms with Crippen LogP contribution in [0.5, 0.6) is 0 Å². The Balaban J connectivity index is 1.94. The van der Waals surface area contributed by atoms with Crippen LogP contribution in [0.15, 0.2) is 64.6 Å². The number of thioether (sulfide) groups is 1. The average Bonchev–Trinajstić information content (AvgIpc) is 3.27. The highest BCUT2D eigenvalue weighted by Crippen LogP contribution is 2.32. The lowest BCUT2D eigenvalue weighted by Gasteiger charge is -2.20. The molecule has 0 fully saturated rings. The van der Waals surface area contributed by atoms with Crippen molar-refractivity contribution in [3.8, 4) is 11.4 Å². The number of aliphatic hydroxyl groups is 1. The molecule has 0 bridgehead atoms. The van der Waals surface area contributed by atoms with E-state index >= 15 is 0 Å². The van der Waals surface area contributed by atoms with E-state index < -0.39 is 16.1 Å². The van der Waals surface area contributed by atoms with Crippen molar-refractivity contribution in [3.63, 3.8) is 0 Å². The molecular formula is C24H32N4O3S2. The van der Waals surface area contributed by atoms with Crippen molar-refractivity contribution >= 4 is 21.8 Å². The third-order valence-corrected chi connectivity index (χ3v) is 8.75. The summed E-state index contributed by atoms with van der Waals surface area (Å²) in [6, 6.07) is 16.5. The molecule has 0 spiro atoms. The predicted octanol–water partition coefficient (Wildman–Crippen LogP) is 4.77. The molecule has 0 aliphatic carbocycles. The summed E-state index contributed by atoms with van der Waals surface area (Å²) in [5.74, 6) is 1.06. The van der Waals surface area contributed by atoms with E-state index in [0.29, 0.717) is 35.4 Å².